The van der Waals surface area contributed by atoms with Gasteiger partial charge in [-0.3, -0.25) is 14.5 Å². The monoisotopic (exact) mass is 547 g/mol. The van der Waals surface area contributed by atoms with E-state index in [4.69, 9.17) is 9.47 Å². The molecule has 202 valence electrons. The fraction of sp³-hybridized carbons (Fsp3) is 0.357. The van der Waals surface area contributed by atoms with Crippen LogP contribution in [0.4, 0.5) is 21.9 Å². The van der Waals surface area contributed by atoms with E-state index in [0.29, 0.717) is 53.1 Å². The molecule has 2 unspecified atom stereocenters. The third kappa shape index (κ3) is 4.72. The van der Waals surface area contributed by atoms with Gasteiger partial charge in [-0.1, -0.05) is 6.58 Å². The summed E-state index contributed by atoms with van der Waals surface area (Å²) in [5.74, 6) is 0.295. The molecule has 0 bridgehead atoms. The molecule has 1 aromatic carbocycles. The lowest BCUT2D eigenvalue weighted by atomic mass is 10.1. The number of nitrogens with zero attached hydrogens (tertiary/aromatic N) is 3. The third-order valence-electron chi connectivity index (χ3n) is 7.29. The maximum atomic E-state index is 13.5. The van der Waals surface area contributed by atoms with E-state index < -0.39 is 0 Å². The first kappa shape index (κ1) is 25.3. The van der Waals surface area contributed by atoms with E-state index in [0.717, 1.165) is 36.0 Å². The van der Waals surface area contributed by atoms with Crippen LogP contribution in [0.2, 0.25) is 0 Å². The van der Waals surface area contributed by atoms with Gasteiger partial charge in [0.05, 0.1) is 35.7 Å². The summed E-state index contributed by atoms with van der Waals surface area (Å²) in [6, 6.07) is 6.90. The van der Waals surface area contributed by atoms with Crippen molar-refractivity contribution in [2.24, 2.45) is 0 Å². The van der Waals surface area contributed by atoms with Gasteiger partial charge in [0.25, 0.3) is 5.91 Å². The number of nitrogens with one attached hydrogen (secondary N) is 2. The van der Waals surface area contributed by atoms with Crippen molar-refractivity contribution in [1.29, 1.82) is 0 Å². The average Bonchev–Trinajstić information content (AvgIpc) is 3.58. The van der Waals surface area contributed by atoms with Gasteiger partial charge in [0, 0.05) is 31.7 Å². The number of thiophene rings is 1. The van der Waals surface area contributed by atoms with Gasteiger partial charge in [0.1, 0.15) is 21.6 Å². The zero-order valence-electron chi connectivity index (χ0n) is 21.6. The van der Waals surface area contributed by atoms with Crippen LogP contribution in [0, 0.1) is 6.92 Å². The Kier molecular flexibility index (Phi) is 6.69. The van der Waals surface area contributed by atoms with Crippen molar-refractivity contribution in [3.8, 4) is 5.75 Å². The fourth-order valence-electron chi connectivity index (χ4n) is 5.41. The molecule has 11 heteroatoms. The van der Waals surface area contributed by atoms with E-state index in [1.165, 1.54) is 17.4 Å². The molecule has 3 aromatic rings. The summed E-state index contributed by atoms with van der Waals surface area (Å²) in [4.78, 5) is 47.8. The van der Waals surface area contributed by atoms with Crippen LogP contribution in [-0.2, 0) is 9.53 Å². The second-order valence-corrected chi connectivity index (χ2v) is 10.9. The molecular weight excluding hydrogens is 518 g/mol. The van der Waals surface area contributed by atoms with E-state index in [9.17, 15) is 14.4 Å². The van der Waals surface area contributed by atoms with Gasteiger partial charge in [0.15, 0.2) is 0 Å². The van der Waals surface area contributed by atoms with Crippen LogP contribution in [-0.4, -0.2) is 66.2 Å². The number of carbonyl (C=O) groups excluding carboxylic acids is 3. The molecule has 2 saturated heterocycles. The third-order valence-corrected chi connectivity index (χ3v) is 8.39. The Morgan fingerprint density at radius 1 is 1.28 bits per heavy atom. The number of hydrogen-bond donors (Lipinski definition) is 2. The van der Waals surface area contributed by atoms with Crippen LogP contribution in [0.1, 0.15) is 34.5 Å². The highest BCUT2D eigenvalue weighted by atomic mass is 32.1. The maximum absolute atomic E-state index is 13.5. The Hall–Kier alpha value is -3.96. The molecule has 0 radical (unpaired) electrons. The van der Waals surface area contributed by atoms with Crippen molar-refractivity contribution in [1.82, 2.24) is 15.2 Å². The van der Waals surface area contributed by atoms with Gasteiger partial charge in [-0.15, -0.1) is 11.3 Å². The van der Waals surface area contributed by atoms with Gasteiger partial charge in [-0.05, 0) is 55.7 Å². The summed E-state index contributed by atoms with van der Waals surface area (Å²) in [5.41, 5.74) is 2.71. The van der Waals surface area contributed by atoms with Crippen LogP contribution >= 0.6 is 11.3 Å². The number of ether oxygens (including phenoxy) is 2. The number of benzene rings is 1. The molecule has 3 aliphatic heterocycles. The van der Waals surface area contributed by atoms with Gasteiger partial charge in [-0.2, -0.15) is 0 Å². The summed E-state index contributed by atoms with van der Waals surface area (Å²) in [6.07, 6.45) is 5.39. The molecule has 2 atom stereocenters. The van der Waals surface area contributed by atoms with Crippen molar-refractivity contribution in [3.63, 3.8) is 0 Å². The molecular formula is C28H29N5O5S. The Morgan fingerprint density at radius 3 is 2.92 bits per heavy atom. The highest BCUT2D eigenvalue weighted by Gasteiger charge is 2.34. The number of likely N-dealkylation sites (tertiary alicyclic amines) is 1. The molecule has 0 spiro atoms. The number of pyridine rings is 1. The van der Waals surface area contributed by atoms with Gasteiger partial charge >= 0.3 is 6.03 Å². The molecule has 2 aromatic heterocycles. The Morgan fingerprint density at radius 2 is 2.15 bits per heavy atom. The van der Waals surface area contributed by atoms with Gasteiger partial charge in [0.2, 0.25) is 5.91 Å². The highest BCUT2D eigenvalue weighted by molar-refractivity contribution is 7.21. The standard InChI is InChI=1S/C28H29N5O5S/c1-3-22(34)32-11-4-5-17(14-32)30-26(35)25-24-23-21(8-10-29-27(23)39-25)33(28(36)31-24)20-7-6-18(13-16(20)2)38-19-9-12-37-15-19/h3,6-8,10,13,17,19H,1,4-5,9,11-12,14-15H2,2H3,(H,30,35)(H,31,36). The molecule has 10 nitrogen and oxygen atoms in total. The minimum Gasteiger partial charge on any atom is -0.488 e. The first-order valence-corrected chi connectivity index (χ1v) is 13.8. The maximum Gasteiger partial charge on any atom is 0.331 e. The molecule has 39 heavy (non-hydrogen) atoms. The van der Waals surface area contributed by atoms with E-state index in [2.05, 4.69) is 22.2 Å². The van der Waals surface area contributed by atoms with Gasteiger partial charge in [-0.25, -0.2) is 9.78 Å². The predicted octanol–water partition coefficient (Wildman–Crippen LogP) is 4.36. The van der Waals surface area contributed by atoms with E-state index in [-0.39, 0.29) is 30.0 Å². The average molecular weight is 548 g/mol. The van der Waals surface area contributed by atoms with E-state index in [1.807, 2.05) is 25.1 Å². The number of aromatic nitrogens is 1. The molecule has 2 N–H and O–H groups in total. The summed E-state index contributed by atoms with van der Waals surface area (Å²) in [7, 11) is 0. The zero-order chi connectivity index (χ0) is 27.1. The number of rotatable bonds is 6. The predicted molar refractivity (Wildman–Crippen MR) is 149 cm³/mol. The number of carbonyl (C=O) groups is 3. The van der Waals surface area contributed by atoms with Crippen LogP contribution in [0.5, 0.6) is 5.75 Å². The first-order valence-electron chi connectivity index (χ1n) is 13.0. The molecule has 3 aliphatic rings. The number of urea groups is 1. The summed E-state index contributed by atoms with van der Waals surface area (Å²) in [5, 5.41) is 6.73. The number of piperidine rings is 1. The molecule has 0 aliphatic carbocycles. The zero-order valence-corrected chi connectivity index (χ0v) is 22.4. The lowest BCUT2D eigenvalue weighted by Gasteiger charge is -2.32. The molecule has 2 fully saturated rings. The number of amides is 4. The SMILES string of the molecule is C=CC(=O)N1CCCC(NC(=O)c2sc3nccc4c3c2NC(=O)N4c2ccc(OC3CCOC3)cc2C)C1. The van der Waals surface area contributed by atoms with Crippen LogP contribution in [0.15, 0.2) is 43.1 Å². The lowest BCUT2D eigenvalue weighted by molar-refractivity contribution is -0.127. The minimum atomic E-state index is -0.358. The second-order valence-electron chi connectivity index (χ2n) is 9.93. The quantitative estimate of drug-likeness (QED) is 0.444. The van der Waals surface area contributed by atoms with Gasteiger partial charge < -0.3 is 25.0 Å². The van der Waals surface area contributed by atoms with Crippen LogP contribution in [0.3, 0.4) is 0 Å². The first-order chi connectivity index (χ1) is 18.9. The summed E-state index contributed by atoms with van der Waals surface area (Å²) < 4.78 is 11.4. The van der Waals surface area contributed by atoms with E-state index >= 15 is 0 Å². The van der Waals surface area contributed by atoms with Crippen molar-refractivity contribution in [2.45, 2.75) is 38.3 Å². The van der Waals surface area contributed by atoms with Crippen molar-refractivity contribution >= 4 is 56.5 Å². The number of anilines is 3. The van der Waals surface area contributed by atoms with Crippen molar-refractivity contribution in [2.75, 3.05) is 36.5 Å². The smallest absolute Gasteiger partial charge is 0.331 e. The molecule has 4 amide bonds. The van der Waals surface area contributed by atoms with E-state index in [1.54, 1.807) is 22.1 Å². The minimum absolute atomic E-state index is 0.0328. The van der Waals surface area contributed by atoms with Crippen molar-refractivity contribution < 1.29 is 23.9 Å². The molecule has 6 rings (SSSR count). The summed E-state index contributed by atoms with van der Waals surface area (Å²) in [6.45, 7) is 7.84. The molecule has 5 heterocycles. The highest BCUT2D eigenvalue weighted by Crippen LogP contribution is 2.46. The van der Waals surface area contributed by atoms with Crippen molar-refractivity contribution in [3.05, 3.63) is 53.6 Å². The fourth-order valence-corrected chi connectivity index (χ4v) is 6.43. The Labute approximate surface area is 229 Å². The summed E-state index contributed by atoms with van der Waals surface area (Å²) >= 11 is 1.24. The number of aryl methyl sites for hydroxylation is 1. The largest absolute Gasteiger partial charge is 0.488 e. The Balaban J connectivity index is 1.28. The lowest BCUT2D eigenvalue weighted by Crippen LogP contribution is -2.49. The topological polar surface area (TPSA) is 113 Å². The Bertz CT molecular complexity index is 1480. The number of hydrogen-bond acceptors (Lipinski definition) is 7. The second kappa shape index (κ2) is 10.3. The normalized spacial score (nSPS) is 20.6. The molecule has 0 saturated carbocycles. The van der Waals surface area contributed by atoms with Crippen LogP contribution < -0.4 is 20.3 Å². The van der Waals surface area contributed by atoms with Crippen LogP contribution in [0.25, 0.3) is 10.2 Å².